The molecule has 0 spiro atoms. The lowest BCUT2D eigenvalue weighted by Gasteiger charge is -2.23. The summed E-state index contributed by atoms with van der Waals surface area (Å²) in [4.78, 5) is 47.0. The Bertz CT molecular complexity index is 1330. The maximum absolute atomic E-state index is 12.7. The van der Waals surface area contributed by atoms with Crippen molar-refractivity contribution >= 4 is 53.3 Å². The highest BCUT2D eigenvalue weighted by Crippen LogP contribution is 2.32. The molecule has 3 aromatic rings. The van der Waals surface area contributed by atoms with Crippen LogP contribution < -0.4 is 10.1 Å². The minimum absolute atomic E-state index is 0.0107. The van der Waals surface area contributed by atoms with Gasteiger partial charge in [0, 0.05) is 24.7 Å². The van der Waals surface area contributed by atoms with Crippen LogP contribution in [0.3, 0.4) is 0 Å². The monoisotopic (exact) mass is 557 g/mol. The smallest absolute Gasteiger partial charge is 0.354 e. The summed E-state index contributed by atoms with van der Waals surface area (Å²) >= 11 is 12.4. The number of nitrogens with one attached hydrogen (secondary N) is 1. The summed E-state index contributed by atoms with van der Waals surface area (Å²) in [6.07, 6.45) is 1.31. The Kier molecular flexibility index (Phi) is 10.0. The summed E-state index contributed by atoms with van der Waals surface area (Å²) in [5, 5.41) is 12.5. The first-order chi connectivity index (χ1) is 18.2. The molecule has 38 heavy (non-hydrogen) atoms. The molecular weight excluding hydrogens is 533 g/mol. The van der Waals surface area contributed by atoms with Crippen LogP contribution in [-0.4, -0.2) is 57.9 Å². The Morgan fingerprint density at radius 2 is 1.87 bits per heavy atom. The zero-order chi connectivity index (χ0) is 27.7. The molecule has 0 aliphatic carbocycles. The number of rotatable bonds is 9. The van der Waals surface area contributed by atoms with Crippen molar-refractivity contribution in [3.8, 4) is 11.6 Å². The van der Waals surface area contributed by atoms with Crippen LogP contribution in [0, 0.1) is 0 Å². The topological polar surface area (TPSA) is 124 Å². The van der Waals surface area contributed by atoms with E-state index in [0.29, 0.717) is 23.7 Å². The van der Waals surface area contributed by atoms with Gasteiger partial charge < -0.3 is 14.7 Å². The molecule has 2 aromatic carbocycles. The van der Waals surface area contributed by atoms with Gasteiger partial charge in [0.2, 0.25) is 18.2 Å². The van der Waals surface area contributed by atoms with Crippen molar-refractivity contribution in [2.24, 2.45) is 4.99 Å². The third kappa shape index (κ3) is 7.92. The van der Waals surface area contributed by atoms with Gasteiger partial charge in [-0.3, -0.25) is 15.0 Å². The van der Waals surface area contributed by atoms with Gasteiger partial charge in [0.05, 0.1) is 17.3 Å². The van der Waals surface area contributed by atoms with Crippen LogP contribution in [0.5, 0.6) is 11.6 Å². The third-order valence-corrected chi connectivity index (χ3v) is 5.64. The number of hydrogen-bond acceptors (Lipinski definition) is 6. The van der Waals surface area contributed by atoms with E-state index in [-0.39, 0.29) is 34.9 Å². The molecule has 2 N–H and O–H groups in total. The average Bonchev–Trinajstić information content (AvgIpc) is 2.89. The first-order valence-electron chi connectivity index (χ1n) is 11.4. The first kappa shape index (κ1) is 28.4. The molecule has 0 saturated carbocycles. The van der Waals surface area contributed by atoms with E-state index in [2.05, 4.69) is 15.3 Å². The first-order valence-corrected chi connectivity index (χ1v) is 12.2. The number of benzene rings is 2. The van der Waals surface area contributed by atoms with E-state index >= 15 is 0 Å². The molecule has 12 heteroatoms. The van der Waals surface area contributed by atoms with Crippen molar-refractivity contribution in [2.75, 3.05) is 13.6 Å². The average molecular weight is 558 g/mol. The van der Waals surface area contributed by atoms with Crippen LogP contribution in [0.25, 0.3) is 0 Å². The summed E-state index contributed by atoms with van der Waals surface area (Å²) in [7, 11) is 1.64. The molecule has 1 aromatic heterocycles. The van der Waals surface area contributed by atoms with Crippen molar-refractivity contribution in [3.05, 3.63) is 82.0 Å². The van der Waals surface area contributed by atoms with Crippen LogP contribution in [0.1, 0.15) is 29.4 Å². The number of guanidine groups is 1. The maximum atomic E-state index is 12.7. The summed E-state index contributed by atoms with van der Waals surface area (Å²) in [6.45, 7) is 2.57. The normalized spacial score (nSPS) is 11.0. The molecule has 3 rings (SSSR count). The number of carboxylic acid groups (broad SMARTS) is 1. The molecular formula is C26H25Cl2N5O5. The molecule has 198 valence electrons. The SMILES string of the molecule is CCCN(C)C(=O)NC(=Nc1ccc(Oc2cccc(C(=O)O)n2)c(Cl)c1)N(C=O)Cc1ccc(Cl)cc1. The number of nitrogens with zero attached hydrogens (tertiary/aromatic N) is 4. The van der Waals surface area contributed by atoms with Crippen molar-refractivity contribution in [3.63, 3.8) is 0 Å². The minimum Gasteiger partial charge on any atom is -0.477 e. The molecule has 0 aliphatic rings. The predicted molar refractivity (Wildman–Crippen MR) is 144 cm³/mol. The second-order valence-electron chi connectivity index (χ2n) is 8.03. The van der Waals surface area contributed by atoms with Crippen molar-refractivity contribution in [1.82, 2.24) is 20.1 Å². The van der Waals surface area contributed by atoms with E-state index in [4.69, 9.17) is 33.0 Å². The van der Waals surface area contributed by atoms with E-state index in [9.17, 15) is 14.4 Å². The Morgan fingerprint density at radius 1 is 1.13 bits per heavy atom. The highest BCUT2D eigenvalue weighted by Gasteiger charge is 2.18. The number of aromatic carboxylic acids is 1. The largest absolute Gasteiger partial charge is 0.477 e. The second kappa shape index (κ2) is 13.4. The molecule has 0 fully saturated rings. The van der Waals surface area contributed by atoms with Crippen LogP contribution >= 0.6 is 23.2 Å². The highest BCUT2D eigenvalue weighted by molar-refractivity contribution is 6.32. The fourth-order valence-electron chi connectivity index (χ4n) is 3.21. The van der Waals surface area contributed by atoms with E-state index in [0.717, 1.165) is 12.0 Å². The Hall–Kier alpha value is -4.15. The van der Waals surface area contributed by atoms with Gasteiger partial charge in [0.15, 0.2) is 5.69 Å². The lowest BCUT2D eigenvalue weighted by molar-refractivity contribution is -0.115. The Labute approximate surface area is 229 Å². The molecule has 0 saturated heterocycles. The van der Waals surface area contributed by atoms with Crippen LogP contribution in [-0.2, 0) is 11.3 Å². The number of amides is 3. The molecule has 0 atom stereocenters. The van der Waals surface area contributed by atoms with E-state index in [1.54, 1.807) is 37.4 Å². The zero-order valence-electron chi connectivity index (χ0n) is 20.6. The number of aromatic nitrogens is 1. The van der Waals surface area contributed by atoms with Crippen LogP contribution in [0.15, 0.2) is 65.7 Å². The Morgan fingerprint density at radius 3 is 2.50 bits per heavy atom. The van der Waals surface area contributed by atoms with Crippen molar-refractivity contribution < 1.29 is 24.2 Å². The molecule has 0 bridgehead atoms. The number of carbonyl (C=O) groups is 3. The van der Waals surface area contributed by atoms with Gasteiger partial charge in [-0.25, -0.2) is 19.6 Å². The van der Waals surface area contributed by atoms with Crippen LogP contribution in [0.2, 0.25) is 10.0 Å². The highest BCUT2D eigenvalue weighted by atomic mass is 35.5. The number of urea groups is 1. The second-order valence-corrected chi connectivity index (χ2v) is 8.87. The zero-order valence-corrected chi connectivity index (χ0v) is 22.1. The van der Waals surface area contributed by atoms with Gasteiger partial charge in [-0.2, -0.15) is 0 Å². The summed E-state index contributed by atoms with van der Waals surface area (Å²) in [5.74, 6) is -0.945. The fraction of sp³-hybridized carbons (Fsp3) is 0.192. The number of hydrogen-bond donors (Lipinski definition) is 2. The number of pyridine rings is 1. The summed E-state index contributed by atoms with van der Waals surface area (Å²) in [5.41, 5.74) is 0.914. The van der Waals surface area contributed by atoms with Gasteiger partial charge in [-0.1, -0.05) is 48.3 Å². The Balaban J connectivity index is 1.90. The number of aliphatic imine (C=N–C) groups is 1. The molecule has 0 unspecified atom stereocenters. The quantitative estimate of drug-likeness (QED) is 0.201. The maximum Gasteiger partial charge on any atom is 0.354 e. The minimum atomic E-state index is -1.19. The van der Waals surface area contributed by atoms with Crippen LogP contribution in [0.4, 0.5) is 10.5 Å². The number of carbonyl (C=O) groups excluding carboxylic acids is 2. The number of halogens is 2. The fourth-order valence-corrected chi connectivity index (χ4v) is 3.55. The van der Waals surface area contributed by atoms with Gasteiger partial charge in [0.25, 0.3) is 0 Å². The molecule has 1 heterocycles. The van der Waals surface area contributed by atoms with Gasteiger partial charge >= 0.3 is 12.0 Å². The lowest BCUT2D eigenvalue weighted by atomic mass is 10.2. The summed E-state index contributed by atoms with van der Waals surface area (Å²) in [6, 6.07) is 15.4. The number of ether oxygens (including phenoxy) is 1. The molecule has 3 amide bonds. The lowest BCUT2D eigenvalue weighted by Crippen LogP contribution is -2.47. The standard InChI is InChI=1S/C26H25Cl2N5O5/c1-3-13-32(2)26(37)31-25(33(16-34)15-17-7-9-18(27)10-8-17)29-19-11-12-22(20(28)14-19)38-23-6-4-5-21(30-23)24(35)36/h4-12,14,16H,3,13,15H2,1-2H3,(H,35,36)(H,29,31,37). The predicted octanol–water partition coefficient (Wildman–Crippen LogP) is 5.58. The van der Waals surface area contributed by atoms with E-state index in [1.807, 2.05) is 6.92 Å². The molecule has 0 aliphatic heterocycles. The third-order valence-electron chi connectivity index (χ3n) is 5.10. The van der Waals surface area contributed by atoms with E-state index < -0.39 is 12.0 Å². The number of carboxylic acids is 1. The molecule has 10 nitrogen and oxygen atoms in total. The van der Waals surface area contributed by atoms with Crippen molar-refractivity contribution in [2.45, 2.75) is 19.9 Å². The van der Waals surface area contributed by atoms with Gasteiger partial charge in [-0.05, 0) is 48.4 Å². The summed E-state index contributed by atoms with van der Waals surface area (Å²) < 4.78 is 5.63. The molecule has 0 radical (unpaired) electrons. The van der Waals surface area contributed by atoms with Gasteiger partial charge in [-0.15, -0.1) is 0 Å². The van der Waals surface area contributed by atoms with E-state index in [1.165, 1.54) is 40.1 Å². The van der Waals surface area contributed by atoms with Gasteiger partial charge in [0.1, 0.15) is 5.75 Å². The van der Waals surface area contributed by atoms with Crippen molar-refractivity contribution in [1.29, 1.82) is 0 Å².